The molecule has 2 aliphatic heterocycles. The number of aryl methyl sites for hydroxylation is 1. The van der Waals surface area contributed by atoms with Crippen LogP contribution in [0, 0.1) is 12.7 Å². The number of hydrogen-bond donors (Lipinski definition) is 0. The number of furan rings is 1. The van der Waals surface area contributed by atoms with E-state index in [1.54, 1.807) is 42.8 Å². The molecular formula is C28H24FN5O3S2. The number of benzene rings is 1. The molecule has 198 valence electrons. The number of anilines is 2. The van der Waals surface area contributed by atoms with E-state index in [1.807, 2.05) is 34.9 Å². The maximum absolute atomic E-state index is 14.4. The van der Waals surface area contributed by atoms with E-state index in [4.69, 9.17) is 21.6 Å². The Labute approximate surface area is 233 Å². The molecule has 0 unspecified atom stereocenters. The summed E-state index contributed by atoms with van der Waals surface area (Å²) in [5, 5.41) is 0. The summed E-state index contributed by atoms with van der Waals surface area (Å²) in [5.74, 6) is 0.559. The highest BCUT2D eigenvalue weighted by Crippen LogP contribution is 2.35. The average molecular weight is 562 g/mol. The van der Waals surface area contributed by atoms with Gasteiger partial charge in [0.15, 0.2) is 0 Å². The molecule has 0 atom stereocenters. The highest BCUT2D eigenvalue weighted by Gasteiger charge is 2.34. The Morgan fingerprint density at radius 3 is 2.56 bits per heavy atom. The van der Waals surface area contributed by atoms with Gasteiger partial charge in [0.1, 0.15) is 27.4 Å². The number of aromatic nitrogens is 2. The van der Waals surface area contributed by atoms with E-state index in [-0.39, 0.29) is 23.8 Å². The van der Waals surface area contributed by atoms with Crippen LogP contribution in [0.5, 0.6) is 0 Å². The van der Waals surface area contributed by atoms with Gasteiger partial charge in [0.2, 0.25) is 0 Å². The lowest BCUT2D eigenvalue weighted by atomic mass is 10.2. The smallest absolute Gasteiger partial charge is 0.267 e. The van der Waals surface area contributed by atoms with E-state index in [0.29, 0.717) is 63.9 Å². The molecule has 2 aliphatic rings. The van der Waals surface area contributed by atoms with Crippen molar-refractivity contribution in [1.29, 1.82) is 0 Å². The first-order valence-corrected chi connectivity index (χ1v) is 13.7. The molecule has 2 fully saturated rings. The van der Waals surface area contributed by atoms with E-state index < -0.39 is 0 Å². The number of para-hydroxylation sites is 1. The number of thioether (sulfide) groups is 1. The SMILES string of the molecule is Cc1ccc2nc(N3CCN(c4ccccc4F)CC3)c(/C=C3\SC(=S)N(Cc4ccco4)C3=O)c(=O)n2c1. The maximum Gasteiger partial charge on any atom is 0.267 e. The van der Waals surface area contributed by atoms with Crippen molar-refractivity contribution >= 4 is 57.4 Å². The van der Waals surface area contributed by atoms with Crippen LogP contribution in [0.1, 0.15) is 16.9 Å². The third kappa shape index (κ3) is 4.83. The van der Waals surface area contributed by atoms with E-state index in [1.165, 1.54) is 15.4 Å². The van der Waals surface area contributed by atoms with Crippen LogP contribution < -0.4 is 15.4 Å². The molecule has 0 aliphatic carbocycles. The standard InChI is InChI=1S/C28H24FN5O3S2/c1-18-8-9-24-30-25(32-12-10-31(11-13-32)22-7-3-2-6-21(22)29)20(26(35)33(24)16-18)15-23-27(36)34(28(38)39-23)17-19-5-4-14-37-19/h2-9,14-16H,10-13,17H2,1H3/b23-15-. The van der Waals surface area contributed by atoms with E-state index in [0.717, 1.165) is 17.3 Å². The van der Waals surface area contributed by atoms with Crippen molar-refractivity contribution in [3.8, 4) is 0 Å². The molecule has 6 rings (SSSR count). The van der Waals surface area contributed by atoms with Crippen molar-refractivity contribution in [2.75, 3.05) is 36.0 Å². The molecular weight excluding hydrogens is 537 g/mol. The Hall–Kier alpha value is -3.96. The Kier molecular flexibility index (Phi) is 6.69. The molecule has 4 aromatic rings. The van der Waals surface area contributed by atoms with E-state index >= 15 is 0 Å². The van der Waals surface area contributed by atoms with Gasteiger partial charge in [-0.15, -0.1) is 0 Å². The summed E-state index contributed by atoms with van der Waals surface area (Å²) < 4.78 is 21.7. The summed E-state index contributed by atoms with van der Waals surface area (Å²) in [5.41, 5.74) is 2.02. The second-order valence-corrected chi connectivity index (χ2v) is 11.0. The van der Waals surface area contributed by atoms with Crippen LogP contribution in [0.15, 0.2) is 75.1 Å². The number of halogens is 1. The highest BCUT2D eigenvalue weighted by molar-refractivity contribution is 8.26. The van der Waals surface area contributed by atoms with E-state index in [2.05, 4.69) is 0 Å². The van der Waals surface area contributed by atoms with Gasteiger partial charge >= 0.3 is 0 Å². The van der Waals surface area contributed by atoms with Crippen LogP contribution >= 0.6 is 24.0 Å². The summed E-state index contributed by atoms with van der Waals surface area (Å²) in [6.07, 6.45) is 4.89. The van der Waals surface area contributed by atoms with Crippen LogP contribution in [0.4, 0.5) is 15.9 Å². The van der Waals surface area contributed by atoms with Crippen molar-refractivity contribution in [2.45, 2.75) is 13.5 Å². The third-order valence-corrected chi connectivity index (χ3v) is 8.18. The number of pyridine rings is 1. The summed E-state index contributed by atoms with van der Waals surface area (Å²) >= 11 is 6.63. The summed E-state index contributed by atoms with van der Waals surface area (Å²) in [6.45, 7) is 4.29. The lowest BCUT2D eigenvalue weighted by Gasteiger charge is -2.37. The van der Waals surface area contributed by atoms with Gasteiger partial charge in [-0.25, -0.2) is 9.37 Å². The topological polar surface area (TPSA) is 74.3 Å². The lowest BCUT2D eigenvalue weighted by molar-refractivity contribution is -0.122. The van der Waals surface area contributed by atoms with Gasteiger partial charge < -0.3 is 14.2 Å². The van der Waals surface area contributed by atoms with Crippen LogP contribution in [0.25, 0.3) is 11.7 Å². The molecule has 0 saturated carbocycles. The number of amides is 1. The number of thiocarbonyl (C=S) groups is 1. The first kappa shape index (κ1) is 25.3. The number of rotatable bonds is 5. The molecule has 5 heterocycles. The molecule has 0 bridgehead atoms. The van der Waals surface area contributed by atoms with Crippen molar-refractivity contribution in [3.63, 3.8) is 0 Å². The van der Waals surface area contributed by atoms with Gasteiger partial charge in [-0.05, 0) is 48.9 Å². The fourth-order valence-electron chi connectivity index (χ4n) is 4.81. The summed E-state index contributed by atoms with van der Waals surface area (Å²) in [6, 6.07) is 14.0. The number of fused-ring (bicyclic) bond motifs is 1. The first-order valence-electron chi connectivity index (χ1n) is 12.4. The molecule has 0 radical (unpaired) electrons. The maximum atomic E-state index is 14.4. The molecule has 8 nitrogen and oxygen atoms in total. The zero-order chi connectivity index (χ0) is 27.1. The van der Waals surface area contributed by atoms with Crippen LogP contribution in [-0.4, -0.2) is 50.7 Å². The molecule has 3 aromatic heterocycles. The monoisotopic (exact) mass is 561 g/mol. The minimum absolute atomic E-state index is 0.216. The second-order valence-electron chi connectivity index (χ2n) is 9.36. The Balaban J connectivity index is 1.36. The lowest BCUT2D eigenvalue weighted by Crippen LogP contribution is -2.47. The van der Waals surface area contributed by atoms with Crippen molar-refractivity contribution < 1.29 is 13.6 Å². The van der Waals surface area contributed by atoms with Gasteiger partial charge in [-0.3, -0.25) is 18.9 Å². The van der Waals surface area contributed by atoms with Gasteiger partial charge in [0, 0.05) is 32.4 Å². The zero-order valence-electron chi connectivity index (χ0n) is 21.0. The quantitative estimate of drug-likeness (QED) is 0.261. The molecule has 0 N–H and O–H groups in total. The average Bonchev–Trinajstić information content (AvgIpc) is 3.55. The number of carbonyl (C=O) groups excluding carboxylic acids is 1. The van der Waals surface area contributed by atoms with Gasteiger partial charge in [-0.2, -0.15) is 0 Å². The van der Waals surface area contributed by atoms with Crippen LogP contribution in [-0.2, 0) is 11.3 Å². The number of hydrogen-bond acceptors (Lipinski definition) is 8. The molecule has 0 spiro atoms. The molecule has 1 amide bonds. The first-order chi connectivity index (χ1) is 18.9. The normalized spacial score (nSPS) is 17.2. The number of piperazine rings is 1. The van der Waals surface area contributed by atoms with Gasteiger partial charge in [0.25, 0.3) is 11.5 Å². The Morgan fingerprint density at radius 2 is 1.82 bits per heavy atom. The van der Waals surface area contributed by atoms with Gasteiger partial charge in [0.05, 0.1) is 29.0 Å². The second kappa shape index (κ2) is 10.3. The fraction of sp³-hybridized carbons (Fsp3) is 0.214. The predicted octanol–water partition coefficient (Wildman–Crippen LogP) is 4.46. The molecule has 39 heavy (non-hydrogen) atoms. The third-order valence-electron chi connectivity index (χ3n) is 6.80. The molecule has 11 heteroatoms. The van der Waals surface area contributed by atoms with E-state index in [9.17, 15) is 14.0 Å². The van der Waals surface area contributed by atoms with Crippen LogP contribution in [0.3, 0.4) is 0 Å². The molecule has 2 saturated heterocycles. The minimum Gasteiger partial charge on any atom is -0.467 e. The van der Waals surface area contributed by atoms with Crippen LogP contribution in [0.2, 0.25) is 0 Å². The van der Waals surface area contributed by atoms with Crippen molar-refractivity contribution in [2.24, 2.45) is 0 Å². The molecule has 1 aromatic carbocycles. The predicted molar refractivity (Wildman–Crippen MR) is 154 cm³/mol. The fourth-order valence-corrected chi connectivity index (χ4v) is 6.04. The largest absolute Gasteiger partial charge is 0.467 e. The number of nitrogens with zero attached hydrogens (tertiary/aromatic N) is 5. The highest BCUT2D eigenvalue weighted by atomic mass is 32.2. The Morgan fingerprint density at radius 1 is 1.05 bits per heavy atom. The summed E-state index contributed by atoms with van der Waals surface area (Å²) in [7, 11) is 0. The number of carbonyl (C=O) groups is 1. The Bertz CT molecular complexity index is 1680. The summed E-state index contributed by atoms with van der Waals surface area (Å²) in [4.78, 5) is 37.8. The zero-order valence-corrected chi connectivity index (χ0v) is 22.7. The minimum atomic E-state index is -0.287. The van der Waals surface area contributed by atoms with Crippen molar-refractivity contribution in [3.05, 3.63) is 99.0 Å². The van der Waals surface area contributed by atoms with Gasteiger partial charge in [-0.1, -0.05) is 42.2 Å². The van der Waals surface area contributed by atoms with Crippen molar-refractivity contribution in [1.82, 2.24) is 14.3 Å².